The third-order valence-corrected chi connectivity index (χ3v) is 10.8. The highest BCUT2D eigenvalue weighted by Gasteiger charge is 2.50. The zero-order valence-corrected chi connectivity index (χ0v) is 25.2. The average Bonchev–Trinajstić information content (AvgIpc) is 3.36. The Labute approximate surface area is 261 Å². The van der Waals surface area contributed by atoms with Gasteiger partial charge in [0.05, 0.1) is 11.1 Å². The summed E-state index contributed by atoms with van der Waals surface area (Å²) >= 11 is 0. The lowest BCUT2D eigenvalue weighted by Gasteiger charge is -2.39. The van der Waals surface area contributed by atoms with Crippen LogP contribution < -0.4 is 9.64 Å². The molecule has 0 bridgehead atoms. The van der Waals surface area contributed by atoms with Crippen molar-refractivity contribution in [2.45, 2.75) is 55.8 Å². The fraction of sp³-hybridized carbons (Fsp3) is 0.486. The van der Waals surface area contributed by atoms with Gasteiger partial charge in [-0.1, -0.05) is 24.8 Å². The number of benzene rings is 2. The molecule has 232 valence electrons. The first kappa shape index (κ1) is 28.4. The van der Waals surface area contributed by atoms with Crippen LogP contribution in [0.1, 0.15) is 42.7 Å². The topological polar surface area (TPSA) is 66.2 Å². The van der Waals surface area contributed by atoms with Crippen molar-refractivity contribution in [3.8, 4) is 17.1 Å². The summed E-state index contributed by atoms with van der Waals surface area (Å²) in [5.41, 5.74) is 4.21. The Balaban J connectivity index is 1.20. The van der Waals surface area contributed by atoms with Crippen molar-refractivity contribution in [2.24, 2.45) is 5.92 Å². The second-order valence-corrected chi connectivity index (χ2v) is 13.4. The number of amides is 1. The summed E-state index contributed by atoms with van der Waals surface area (Å²) in [6.07, 6.45) is 4.91. The van der Waals surface area contributed by atoms with Crippen molar-refractivity contribution >= 4 is 22.6 Å². The Morgan fingerprint density at radius 3 is 2.93 bits per heavy atom. The average molecular weight is 611 g/mol. The van der Waals surface area contributed by atoms with E-state index in [2.05, 4.69) is 22.4 Å². The van der Waals surface area contributed by atoms with E-state index < -0.39 is 6.17 Å². The first-order valence-electron chi connectivity index (χ1n) is 16.0. The van der Waals surface area contributed by atoms with Crippen LogP contribution in [0.15, 0.2) is 43.0 Å². The Morgan fingerprint density at radius 2 is 2.09 bits per heavy atom. The van der Waals surface area contributed by atoms with Crippen LogP contribution in [0, 0.1) is 18.3 Å². The molecular formula is C35H36F2N6O2. The van der Waals surface area contributed by atoms with Crippen LogP contribution in [0.5, 0.6) is 6.01 Å². The van der Waals surface area contributed by atoms with Gasteiger partial charge in [0.15, 0.2) is 0 Å². The lowest BCUT2D eigenvalue weighted by atomic mass is 9.93. The standard InChI is InChI=1S/C35H36F2N6O2/c1-3-31(44)43-11-10-41(19-24(43)17-38-2)33-28-14-29(37)27(25-7-4-6-21-12-22-13-26(22)32(21)25)15-30(28)39-34(40-33)45-20-35-8-5-9-42(35)18-23(36)16-35/h3-4,6-7,14-15,22-24,26H,1,5,8-13,16-20H2/t22?,23-,24+,26?,35+/m1/s1. The normalized spacial score (nSPS) is 28.5. The number of alkyl halides is 1. The number of rotatable bonds is 7. The van der Waals surface area contributed by atoms with E-state index in [0.717, 1.165) is 37.8 Å². The monoisotopic (exact) mass is 610 g/mol. The largest absolute Gasteiger partial charge is 0.461 e. The molecule has 2 aromatic carbocycles. The van der Waals surface area contributed by atoms with Gasteiger partial charge in [-0.05, 0) is 79.0 Å². The molecule has 3 aliphatic heterocycles. The Kier molecular flexibility index (Phi) is 6.79. The number of halogens is 2. The molecule has 0 radical (unpaired) electrons. The van der Waals surface area contributed by atoms with E-state index in [9.17, 15) is 9.18 Å². The number of carbonyl (C=O) groups is 1. The molecule has 1 aromatic heterocycles. The van der Waals surface area contributed by atoms with Crippen LogP contribution in [-0.2, 0) is 11.2 Å². The molecule has 1 amide bonds. The van der Waals surface area contributed by atoms with Crippen molar-refractivity contribution in [3.63, 3.8) is 0 Å². The molecule has 5 aliphatic rings. The minimum Gasteiger partial charge on any atom is -0.461 e. The molecule has 2 unspecified atom stereocenters. The Morgan fingerprint density at radius 1 is 1.20 bits per heavy atom. The Hall–Kier alpha value is -4.10. The molecule has 3 aromatic rings. The van der Waals surface area contributed by atoms with Crippen LogP contribution >= 0.6 is 0 Å². The van der Waals surface area contributed by atoms with Crippen molar-refractivity contribution < 1.29 is 18.3 Å². The molecule has 0 N–H and O–H groups in total. The maximum atomic E-state index is 16.2. The highest BCUT2D eigenvalue weighted by atomic mass is 19.1. The fourth-order valence-corrected chi connectivity index (χ4v) is 8.56. The number of ether oxygens (including phenoxy) is 1. The first-order chi connectivity index (χ1) is 21.9. The van der Waals surface area contributed by atoms with Gasteiger partial charge < -0.3 is 19.4 Å². The molecular weight excluding hydrogens is 574 g/mol. The summed E-state index contributed by atoms with van der Waals surface area (Å²) in [5.74, 6) is 1.13. The second kappa shape index (κ2) is 10.8. The van der Waals surface area contributed by atoms with Gasteiger partial charge >= 0.3 is 6.01 Å². The molecule has 0 spiro atoms. The SMILES string of the molecule is [C-]#[N+]C[C@H]1CN(c2nc(OC[C@@]34CCCN3C[C@H](F)C4)nc3cc(-c4cccc5c4C4CC4C5)c(F)cc23)CCN1C(=O)C=C. The molecule has 5 atom stereocenters. The van der Waals surface area contributed by atoms with Crippen LogP contribution in [-0.4, -0.2) is 89.3 Å². The number of carbonyl (C=O) groups excluding carboxylic acids is 1. The second-order valence-electron chi connectivity index (χ2n) is 13.4. The maximum absolute atomic E-state index is 16.2. The van der Waals surface area contributed by atoms with E-state index in [1.807, 2.05) is 23.1 Å². The number of aromatic nitrogens is 2. The number of fused-ring (bicyclic) bond motifs is 5. The molecule has 8 nitrogen and oxygen atoms in total. The molecule has 4 fully saturated rings. The molecule has 3 saturated heterocycles. The first-order valence-corrected chi connectivity index (χ1v) is 16.0. The van der Waals surface area contributed by atoms with Gasteiger partial charge in [0, 0.05) is 43.5 Å². The minimum absolute atomic E-state index is 0.130. The highest BCUT2D eigenvalue weighted by Crippen LogP contribution is 2.58. The predicted molar refractivity (Wildman–Crippen MR) is 167 cm³/mol. The van der Waals surface area contributed by atoms with E-state index in [1.165, 1.54) is 23.3 Å². The van der Waals surface area contributed by atoms with Crippen LogP contribution in [0.3, 0.4) is 0 Å². The van der Waals surface area contributed by atoms with Gasteiger partial charge in [-0.3, -0.25) is 9.69 Å². The van der Waals surface area contributed by atoms with Crippen LogP contribution in [0.25, 0.3) is 26.9 Å². The van der Waals surface area contributed by atoms with Crippen LogP contribution in [0.2, 0.25) is 0 Å². The van der Waals surface area contributed by atoms with Gasteiger partial charge in [-0.15, -0.1) is 0 Å². The van der Waals surface area contributed by atoms with Gasteiger partial charge in [0.2, 0.25) is 12.5 Å². The number of nitrogens with zero attached hydrogens (tertiary/aromatic N) is 6. The quantitative estimate of drug-likeness (QED) is 0.272. The van der Waals surface area contributed by atoms with Crippen LogP contribution in [0.4, 0.5) is 14.6 Å². The van der Waals surface area contributed by atoms with Crippen molar-refractivity contribution in [2.75, 3.05) is 50.8 Å². The predicted octanol–water partition coefficient (Wildman–Crippen LogP) is 5.17. The minimum atomic E-state index is -0.875. The third kappa shape index (κ3) is 4.75. The van der Waals surface area contributed by atoms with E-state index in [4.69, 9.17) is 21.3 Å². The number of anilines is 1. The lowest BCUT2D eigenvalue weighted by Crippen LogP contribution is -2.56. The number of hydrogen-bond acceptors (Lipinski definition) is 6. The molecule has 1 saturated carbocycles. The highest BCUT2D eigenvalue weighted by molar-refractivity contribution is 5.94. The van der Waals surface area contributed by atoms with Crippen molar-refractivity contribution in [1.82, 2.24) is 19.8 Å². The molecule has 45 heavy (non-hydrogen) atoms. The van der Waals surface area contributed by atoms with E-state index >= 15 is 4.39 Å². The van der Waals surface area contributed by atoms with Gasteiger partial charge in [0.25, 0.3) is 0 Å². The summed E-state index contributed by atoms with van der Waals surface area (Å²) < 4.78 is 37.0. The van der Waals surface area contributed by atoms with Crippen molar-refractivity contribution in [1.29, 1.82) is 0 Å². The maximum Gasteiger partial charge on any atom is 0.319 e. The summed E-state index contributed by atoms with van der Waals surface area (Å²) in [6.45, 7) is 14.0. The zero-order chi connectivity index (χ0) is 30.9. The molecule has 8 rings (SSSR count). The summed E-state index contributed by atoms with van der Waals surface area (Å²) in [7, 11) is 0. The molecule has 2 aliphatic carbocycles. The molecule has 4 heterocycles. The van der Waals surface area contributed by atoms with E-state index in [-0.39, 0.29) is 42.5 Å². The van der Waals surface area contributed by atoms with E-state index in [1.54, 1.807) is 4.90 Å². The summed E-state index contributed by atoms with van der Waals surface area (Å²) in [5, 5.41) is 0.552. The van der Waals surface area contributed by atoms with Gasteiger partial charge in [-0.2, -0.15) is 9.97 Å². The third-order valence-electron chi connectivity index (χ3n) is 10.8. The van der Waals surface area contributed by atoms with Crippen molar-refractivity contribution in [3.05, 3.63) is 71.3 Å². The Bertz CT molecular complexity index is 1760. The summed E-state index contributed by atoms with van der Waals surface area (Å²) in [4.78, 5) is 31.7. The van der Waals surface area contributed by atoms with Gasteiger partial charge in [-0.25, -0.2) is 15.4 Å². The summed E-state index contributed by atoms with van der Waals surface area (Å²) in [6, 6.07) is 9.32. The zero-order valence-electron chi connectivity index (χ0n) is 25.2. The number of hydrogen-bond donors (Lipinski definition) is 0. The van der Waals surface area contributed by atoms with Gasteiger partial charge in [0.1, 0.15) is 30.5 Å². The smallest absolute Gasteiger partial charge is 0.319 e. The van der Waals surface area contributed by atoms with E-state index in [0.29, 0.717) is 66.7 Å². The number of piperazine rings is 1. The fourth-order valence-electron chi connectivity index (χ4n) is 8.56. The lowest BCUT2D eigenvalue weighted by molar-refractivity contribution is -0.128. The molecule has 10 heteroatoms.